The van der Waals surface area contributed by atoms with Gasteiger partial charge in [-0.05, 0) is 42.3 Å². The number of benzene rings is 1. The first-order chi connectivity index (χ1) is 15.6. The summed E-state index contributed by atoms with van der Waals surface area (Å²) in [5.41, 5.74) is 6.55. The lowest BCUT2D eigenvalue weighted by molar-refractivity contribution is 0.101. The Morgan fingerprint density at radius 1 is 1.09 bits per heavy atom. The molecular weight excluding hydrogens is 428 g/mol. The predicted molar refractivity (Wildman–Crippen MR) is 123 cm³/mol. The molecule has 5 rings (SSSR count). The first-order valence-corrected chi connectivity index (χ1v) is 10.3. The second-order valence-electron chi connectivity index (χ2n) is 7.14. The molecule has 0 atom stereocenters. The smallest absolute Gasteiger partial charge is 0.267 e. The van der Waals surface area contributed by atoms with Gasteiger partial charge in [-0.3, -0.25) is 20.0 Å². The van der Waals surface area contributed by atoms with Gasteiger partial charge in [0.25, 0.3) is 11.5 Å². The van der Waals surface area contributed by atoms with Crippen LogP contribution in [0.3, 0.4) is 0 Å². The minimum atomic E-state index is -0.416. The molecule has 32 heavy (non-hydrogen) atoms. The van der Waals surface area contributed by atoms with Gasteiger partial charge in [0, 0.05) is 40.9 Å². The first-order valence-electron chi connectivity index (χ1n) is 9.96. The zero-order valence-electron chi connectivity index (χ0n) is 17.0. The summed E-state index contributed by atoms with van der Waals surface area (Å²) in [6.07, 6.45) is 6.75. The summed E-state index contributed by atoms with van der Waals surface area (Å²) < 4.78 is 2.82. The van der Waals surface area contributed by atoms with Gasteiger partial charge in [0.05, 0.1) is 16.6 Å². The minimum absolute atomic E-state index is 0.336. The van der Waals surface area contributed by atoms with Crippen molar-refractivity contribution in [3.63, 3.8) is 0 Å². The van der Waals surface area contributed by atoms with Gasteiger partial charge >= 0.3 is 0 Å². The third kappa shape index (κ3) is 3.30. The highest BCUT2D eigenvalue weighted by atomic mass is 35.5. The van der Waals surface area contributed by atoms with Crippen LogP contribution in [0.5, 0.6) is 0 Å². The molecule has 0 saturated carbocycles. The van der Waals surface area contributed by atoms with Gasteiger partial charge in [-0.1, -0.05) is 30.7 Å². The number of rotatable bonds is 4. The van der Waals surface area contributed by atoms with Crippen molar-refractivity contribution in [2.24, 2.45) is 0 Å². The van der Waals surface area contributed by atoms with E-state index in [0.717, 1.165) is 21.5 Å². The standard InChI is InChI=1S/C23H17ClN6O2/c1-2-18-20(14-3-5-16(24)6-4-14)21-26-13-17-19(30(21)27-18)9-12-29(23(17)32)28-22(31)15-7-10-25-11-8-15/h3-13H,2H2,1H3,(H,28,31). The van der Waals surface area contributed by atoms with Gasteiger partial charge in [0.1, 0.15) is 0 Å². The maximum Gasteiger partial charge on any atom is 0.280 e. The topological polar surface area (TPSA) is 94.2 Å². The van der Waals surface area contributed by atoms with Crippen LogP contribution in [-0.2, 0) is 6.42 Å². The second kappa shape index (κ2) is 7.90. The Kier molecular flexibility index (Phi) is 4.91. The number of fused-ring (bicyclic) bond motifs is 3. The number of aromatic nitrogens is 5. The molecule has 0 saturated heterocycles. The van der Waals surface area contributed by atoms with Crippen LogP contribution in [0, 0.1) is 0 Å². The van der Waals surface area contributed by atoms with Gasteiger partial charge in [0.2, 0.25) is 0 Å². The molecule has 0 fully saturated rings. The molecule has 1 N–H and O–H groups in total. The third-order valence-corrected chi connectivity index (χ3v) is 5.47. The maximum atomic E-state index is 13.0. The summed E-state index contributed by atoms with van der Waals surface area (Å²) in [5.74, 6) is -0.416. The zero-order valence-corrected chi connectivity index (χ0v) is 17.7. The highest BCUT2D eigenvalue weighted by Crippen LogP contribution is 2.30. The minimum Gasteiger partial charge on any atom is -0.267 e. The van der Waals surface area contributed by atoms with E-state index in [1.165, 1.54) is 24.8 Å². The molecule has 1 amide bonds. The molecule has 9 heteroatoms. The average molecular weight is 445 g/mol. The Labute approximate surface area is 187 Å². The normalized spacial score (nSPS) is 11.2. The van der Waals surface area contributed by atoms with Crippen LogP contribution >= 0.6 is 11.6 Å². The highest BCUT2D eigenvalue weighted by molar-refractivity contribution is 6.30. The number of carbonyl (C=O) groups excluding carboxylic acids is 1. The SMILES string of the molecule is CCc1nn2c(ncc3c(=O)n(NC(=O)c4ccncc4)ccc32)c1-c1ccc(Cl)cc1. The number of amides is 1. The van der Waals surface area contributed by atoms with E-state index in [9.17, 15) is 9.59 Å². The quantitative estimate of drug-likeness (QED) is 0.456. The maximum absolute atomic E-state index is 13.0. The van der Waals surface area contributed by atoms with E-state index in [-0.39, 0.29) is 0 Å². The molecule has 0 aliphatic carbocycles. The summed E-state index contributed by atoms with van der Waals surface area (Å²) in [6, 6.07) is 12.4. The van der Waals surface area contributed by atoms with Gasteiger partial charge < -0.3 is 0 Å². The van der Waals surface area contributed by atoms with E-state index in [2.05, 4.69) is 15.4 Å². The van der Waals surface area contributed by atoms with E-state index in [0.29, 0.717) is 33.6 Å². The lowest BCUT2D eigenvalue weighted by Gasteiger charge is -2.09. The Morgan fingerprint density at radius 2 is 1.84 bits per heavy atom. The summed E-state index contributed by atoms with van der Waals surface area (Å²) in [4.78, 5) is 33.9. The molecule has 8 nitrogen and oxygen atoms in total. The lowest BCUT2D eigenvalue weighted by atomic mass is 10.0. The molecular formula is C23H17ClN6O2. The van der Waals surface area contributed by atoms with Crippen LogP contribution in [0.1, 0.15) is 23.0 Å². The molecule has 0 bridgehead atoms. The molecule has 4 heterocycles. The van der Waals surface area contributed by atoms with Crippen LogP contribution in [0.4, 0.5) is 0 Å². The molecule has 5 aromatic rings. The van der Waals surface area contributed by atoms with E-state index >= 15 is 0 Å². The Balaban J connectivity index is 1.63. The van der Waals surface area contributed by atoms with Crippen molar-refractivity contribution in [1.29, 1.82) is 0 Å². The zero-order chi connectivity index (χ0) is 22.2. The van der Waals surface area contributed by atoms with E-state index in [1.807, 2.05) is 31.2 Å². The first kappa shape index (κ1) is 19.9. The largest absolute Gasteiger partial charge is 0.280 e. The molecule has 1 aromatic carbocycles. The predicted octanol–water partition coefficient (Wildman–Crippen LogP) is 3.71. The lowest BCUT2D eigenvalue weighted by Crippen LogP contribution is -2.33. The number of hydrogen-bond acceptors (Lipinski definition) is 5. The Morgan fingerprint density at radius 3 is 2.56 bits per heavy atom. The summed E-state index contributed by atoms with van der Waals surface area (Å²) in [7, 11) is 0. The fourth-order valence-corrected chi connectivity index (χ4v) is 3.76. The Bertz CT molecular complexity index is 1520. The van der Waals surface area contributed by atoms with Crippen LogP contribution in [-0.4, -0.2) is 30.2 Å². The number of nitrogens with one attached hydrogen (secondary N) is 1. The van der Waals surface area contributed by atoms with Crippen molar-refractivity contribution in [1.82, 2.24) is 24.3 Å². The van der Waals surface area contributed by atoms with Crippen molar-refractivity contribution in [2.75, 3.05) is 5.43 Å². The third-order valence-electron chi connectivity index (χ3n) is 5.22. The average Bonchev–Trinajstić information content (AvgIpc) is 3.21. The van der Waals surface area contributed by atoms with Gasteiger partial charge in [-0.25, -0.2) is 14.2 Å². The number of halogens is 1. The van der Waals surface area contributed by atoms with E-state index < -0.39 is 11.5 Å². The van der Waals surface area contributed by atoms with E-state index in [1.54, 1.807) is 22.7 Å². The van der Waals surface area contributed by atoms with Crippen LogP contribution in [0.25, 0.3) is 27.7 Å². The number of pyridine rings is 2. The van der Waals surface area contributed by atoms with Gasteiger partial charge in [-0.15, -0.1) is 0 Å². The molecule has 0 aliphatic rings. The van der Waals surface area contributed by atoms with Crippen molar-refractivity contribution in [3.05, 3.63) is 93.9 Å². The molecule has 0 spiro atoms. The van der Waals surface area contributed by atoms with Crippen molar-refractivity contribution >= 4 is 34.1 Å². The van der Waals surface area contributed by atoms with Crippen LogP contribution in [0.15, 0.2) is 72.0 Å². The number of carbonyl (C=O) groups is 1. The molecule has 0 aliphatic heterocycles. The monoisotopic (exact) mass is 444 g/mol. The second-order valence-corrected chi connectivity index (χ2v) is 7.58. The number of nitrogens with zero attached hydrogens (tertiary/aromatic N) is 5. The molecule has 158 valence electrons. The van der Waals surface area contributed by atoms with E-state index in [4.69, 9.17) is 16.7 Å². The number of aryl methyl sites for hydroxylation is 1. The Hall–Kier alpha value is -4.04. The van der Waals surface area contributed by atoms with Crippen LogP contribution in [0.2, 0.25) is 5.02 Å². The van der Waals surface area contributed by atoms with Crippen LogP contribution < -0.4 is 11.0 Å². The molecule has 0 radical (unpaired) electrons. The van der Waals surface area contributed by atoms with Gasteiger partial charge in [-0.2, -0.15) is 5.10 Å². The molecule has 0 unspecified atom stereocenters. The van der Waals surface area contributed by atoms with Crippen molar-refractivity contribution < 1.29 is 4.79 Å². The summed E-state index contributed by atoms with van der Waals surface area (Å²) >= 11 is 6.04. The summed E-state index contributed by atoms with van der Waals surface area (Å²) in [5, 5.41) is 5.70. The summed E-state index contributed by atoms with van der Waals surface area (Å²) in [6.45, 7) is 2.02. The number of hydrogen-bond donors (Lipinski definition) is 1. The molecule has 4 aromatic heterocycles. The fourth-order valence-electron chi connectivity index (χ4n) is 3.64. The fraction of sp³-hybridized carbons (Fsp3) is 0.0870. The van der Waals surface area contributed by atoms with Crippen molar-refractivity contribution in [2.45, 2.75) is 13.3 Å². The highest BCUT2D eigenvalue weighted by Gasteiger charge is 2.18. The van der Waals surface area contributed by atoms with Gasteiger partial charge in [0.15, 0.2) is 5.65 Å². The van der Waals surface area contributed by atoms with Crippen molar-refractivity contribution in [3.8, 4) is 11.1 Å².